The third-order valence-electron chi connectivity index (χ3n) is 3.15. The predicted molar refractivity (Wildman–Crippen MR) is 77.4 cm³/mol. The smallest absolute Gasteiger partial charge is 0.179 e. The van der Waals surface area contributed by atoms with Gasteiger partial charge >= 0.3 is 0 Å². The molecule has 3 rings (SSSR count). The average Bonchev–Trinajstić information content (AvgIpc) is 3.05. The Morgan fingerprint density at radius 2 is 2.15 bits per heavy atom. The summed E-state index contributed by atoms with van der Waals surface area (Å²) in [6.07, 6.45) is 4.07. The van der Waals surface area contributed by atoms with Gasteiger partial charge in [-0.3, -0.25) is 0 Å². The van der Waals surface area contributed by atoms with Gasteiger partial charge < -0.3 is 20.6 Å². The Balaban J connectivity index is 1.88. The van der Waals surface area contributed by atoms with Crippen LogP contribution >= 0.6 is 0 Å². The van der Waals surface area contributed by atoms with Crippen LogP contribution < -0.4 is 10.6 Å². The van der Waals surface area contributed by atoms with Crippen molar-refractivity contribution in [3.05, 3.63) is 36.2 Å². The van der Waals surface area contributed by atoms with Gasteiger partial charge in [-0.1, -0.05) is 0 Å². The summed E-state index contributed by atoms with van der Waals surface area (Å²) in [6, 6.07) is 3.70. The molecule has 7 heteroatoms. The van der Waals surface area contributed by atoms with E-state index >= 15 is 0 Å². The fourth-order valence-electron chi connectivity index (χ4n) is 2.06. The van der Waals surface area contributed by atoms with Crippen LogP contribution in [0.25, 0.3) is 11.2 Å². The highest BCUT2D eigenvalue weighted by Gasteiger charge is 2.14. The molecule has 0 aliphatic carbocycles. The van der Waals surface area contributed by atoms with E-state index in [0.717, 1.165) is 22.9 Å². The molecular weight excluding hydrogens is 254 g/mol. The first kappa shape index (κ1) is 12.6. The number of nitrogens with two attached hydrogens (primary N) is 1. The number of pyridine rings is 1. The molecule has 104 valence electrons. The Bertz CT molecular complexity index is 699. The van der Waals surface area contributed by atoms with Crippen molar-refractivity contribution >= 4 is 17.0 Å². The van der Waals surface area contributed by atoms with Crippen LogP contribution in [0, 0.1) is 0 Å². The van der Waals surface area contributed by atoms with Crippen molar-refractivity contribution in [2.75, 3.05) is 19.0 Å². The van der Waals surface area contributed by atoms with E-state index in [1.807, 2.05) is 31.1 Å². The molecule has 4 N–H and O–H groups in total. The van der Waals surface area contributed by atoms with Crippen molar-refractivity contribution in [3.8, 4) is 0 Å². The lowest BCUT2D eigenvalue weighted by atomic mass is 10.2. The summed E-state index contributed by atoms with van der Waals surface area (Å²) in [5.41, 5.74) is 8.73. The molecule has 0 fully saturated rings. The minimum Gasteiger partial charge on any atom is -0.363 e. The molecular formula is C13H17N7. The Kier molecular flexibility index (Phi) is 3.11. The van der Waals surface area contributed by atoms with Crippen LogP contribution in [0.3, 0.4) is 0 Å². The van der Waals surface area contributed by atoms with E-state index in [-0.39, 0.29) is 6.04 Å². The lowest BCUT2D eigenvalue weighted by Crippen LogP contribution is -2.15. The molecule has 0 saturated heterocycles. The minimum atomic E-state index is -0.215. The summed E-state index contributed by atoms with van der Waals surface area (Å²) in [5, 5.41) is 0. The fraction of sp³-hybridized carbons (Fsp3) is 0.308. The summed E-state index contributed by atoms with van der Waals surface area (Å²) < 4.78 is 0. The Morgan fingerprint density at radius 3 is 2.85 bits per heavy atom. The van der Waals surface area contributed by atoms with Crippen LogP contribution in [0.5, 0.6) is 0 Å². The molecule has 0 aromatic carbocycles. The number of anilines is 1. The molecule has 1 atom stereocenters. The van der Waals surface area contributed by atoms with E-state index in [4.69, 9.17) is 5.73 Å². The van der Waals surface area contributed by atoms with Crippen LogP contribution in [0.1, 0.15) is 17.6 Å². The quantitative estimate of drug-likeness (QED) is 0.657. The third kappa shape index (κ3) is 2.35. The summed E-state index contributed by atoms with van der Waals surface area (Å²) in [6.45, 7) is 0. The standard InChI is InChI=1S/C13H17N7/c1-20(2)11-4-3-10-13(18-11)19-12(17-10)9(14)5-8-6-15-7-16-8/h3-4,6-7,9H,5,14H2,1-2H3,(H,15,16)(H,17,18,19). The molecule has 0 radical (unpaired) electrons. The predicted octanol–water partition coefficient (Wildman–Crippen LogP) is 0.990. The van der Waals surface area contributed by atoms with Gasteiger partial charge in [-0.05, 0) is 12.1 Å². The first-order chi connectivity index (χ1) is 9.63. The molecule has 0 amide bonds. The number of hydrogen-bond acceptors (Lipinski definition) is 5. The SMILES string of the molecule is CN(C)c1ccc2[nH]c(C(N)Cc3cnc[nH]3)nc2n1. The molecule has 3 heterocycles. The van der Waals surface area contributed by atoms with Crippen molar-refractivity contribution in [2.24, 2.45) is 5.73 Å². The summed E-state index contributed by atoms with van der Waals surface area (Å²) in [5.74, 6) is 1.61. The number of hydrogen-bond donors (Lipinski definition) is 3. The van der Waals surface area contributed by atoms with Crippen LogP contribution in [0.15, 0.2) is 24.7 Å². The van der Waals surface area contributed by atoms with Gasteiger partial charge in [0, 0.05) is 32.4 Å². The molecule has 0 aliphatic heterocycles. The van der Waals surface area contributed by atoms with E-state index in [9.17, 15) is 0 Å². The number of nitrogens with one attached hydrogen (secondary N) is 2. The van der Waals surface area contributed by atoms with Gasteiger partial charge in [0.1, 0.15) is 11.6 Å². The van der Waals surface area contributed by atoms with Crippen molar-refractivity contribution < 1.29 is 0 Å². The molecule has 20 heavy (non-hydrogen) atoms. The van der Waals surface area contributed by atoms with Crippen molar-refractivity contribution in [3.63, 3.8) is 0 Å². The van der Waals surface area contributed by atoms with Gasteiger partial charge in [-0.25, -0.2) is 15.0 Å². The number of imidazole rings is 2. The summed E-state index contributed by atoms with van der Waals surface area (Å²) >= 11 is 0. The fourth-order valence-corrected chi connectivity index (χ4v) is 2.06. The largest absolute Gasteiger partial charge is 0.363 e. The molecule has 0 bridgehead atoms. The van der Waals surface area contributed by atoms with Gasteiger partial charge in [0.25, 0.3) is 0 Å². The molecule has 3 aromatic heterocycles. The third-order valence-corrected chi connectivity index (χ3v) is 3.15. The second-order valence-corrected chi connectivity index (χ2v) is 4.94. The topological polar surface area (TPSA) is 99.5 Å². The van der Waals surface area contributed by atoms with Crippen LogP contribution in [-0.2, 0) is 6.42 Å². The van der Waals surface area contributed by atoms with E-state index < -0.39 is 0 Å². The zero-order valence-electron chi connectivity index (χ0n) is 11.5. The normalized spacial score (nSPS) is 12.8. The van der Waals surface area contributed by atoms with Crippen molar-refractivity contribution in [1.29, 1.82) is 0 Å². The Hall–Kier alpha value is -2.41. The monoisotopic (exact) mass is 271 g/mol. The number of fused-ring (bicyclic) bond motifs is 1. The van der Waals surface area contributed by atoms with Crippen LogP contribution in [0.4, 0.5) is 5.82 Å². The highest BCUT2D eigenvalue weighted by atomic mass is 15.2. The number of nitrogens with zero attached hydrogens (tertiary/aromatic N) is 4. The Morgan fingerprint density at radius 1 is 1.30 bits per heavy atom. The van der Waals surface area contributed by atoms with E-state index in [0.29, 0.717) is 12.1 Å². The molecule has 0 spiro atoms. The molecule has 0 saturated carbocycles. The van der Waals surface area contributed by atoms with Gasteiger partial charge in [0.15, 0.2) is 5.65 Å². The summed E-state index contributed by atoms with van der Waals surface area (Å²) in [7, 11) is 3.90. The molecule has 3 aromatic rings. The second-order valence-electron chi connectivity index (χ2n) is 4.94. The maximum Gasteiger partial charge on any atom is 0.179 e. The van der Waals surface area contributed by atoms with Gasteiger partial charge in [0.2, 0.25) is 0 Å². The van der Waals surface area contributed by atoms with Gasteiger partial charge in [0.05, 0.1) is 17.9 Å². The molecule has 1 unspecified atom stereocenters. The van der Waals surface area contributed by atoms with E-state index in [1.54, 1.807) is 12.5 Å². The number of aromatic amines is 2. The lowest BCUT2D eigenvalue weighted by Gasteiger charge is -2.09. The second kappa shape index (κ2) is 4.93. The Labute approximate surface area is 116 Å². The first-order valence-electron chi connectivity index (χ1n) is 6.40. The van der Waals surface area contributed by atoms with E-state index in [1.165, 1.54) is 0 Å². The average molecular weight is 271 g/mol. The maximum absolute atomic E-state index is 6.17. The highest BCUT2D eigenvalue weighted by molar-refractivity contribution is 5.73. The van der Waals surface area contributed by atoms with Gasteiger partial charge in [-0.2, -0.15) is 0 Å². The van der Waals surface area contributed by atoms with Crippen molar-refractivity contribution in [2.45, 2.75) is 12.5 Å². The highest BCUT2D eigenvalue weighted by Crippen LogP contribution is 2.18. The van der Waals surface area contributed by atoms with Crippen LogP contribution in [-0.4, -0.2) is 39.0 Å². The number of H-pyrrole nitrogens is 2. The number of rotatable bonds is 4. The summed E-state index contributed by atoms with van der Waals surface area (Å²) in [4.78, 5) is 21.2. The number of aromatic nitrogens is 5. The van der Waals surface area contributed by atoms with Crippen LogP contribution in [0.2, 0.25) is 0 Å². The zero-order valence-corrected chi connectivity index (χ0v) is 11.5. The van der Waals surface area contributed by atoms with Crippen molar-refractivity contribution in [1.82, 2.24) is 24.9 Å². The van der Waals surface area contributed by atoms with Gasteiger partial charge in [-0.15, -0.1) is 0 Å². The lowest BCUT2D eigenvalue weighted by molar-refractivity contribution is 0.670. The molecule has 0 aliphatic rings. The minimum absolute atomic E-state index is 0.215. The molecule has 7 nitrogen and oxygen atoms in total. The zero-order chi connectivity index (χ0) is 14.1. The maximum atomic E-state index is 6.17. The van der Waals surface area contributed by atoms with E-state index in [2.05, 4.69) is 24.9 Å². The first-order valence-corrected chi connectivity index (χ1v) is 6.40.